The molecule has 1 rings (SSSR count). The number of hydrogen-bond donors (Lipinski definition) is 3. The lowest BCUT2D eigenvalue weighted by Gasteiger charge is -2.16. The molecule has 0 spiro atoms. The summed E-state index contributed by atoms with van der Waals surface area (Å²) in [5.41, 5.74) is 5.47. The van der Waals surface area contributed by atoms with Gasteiger partial charge in [-0.05, 0) is 18.2 Å². The van der Waals surface area contributed by atoms with Crippen LogP contribution in [0.3, 0.4) is 0 Å². The van der Waals surface area contributed by atoms with Crippen molar-refractivity contribution < 1.29 is 18.4 Å². The van der Waals surface area contributed by atoms with Crippen molar-refractivity contribution in [2.24, 2.45) is 5.73 Å². The Balaban J connectivity index is 3.20. The summed E-state index contributed by atoms with van der Waals surface area (Å²) in [7, 11) is -2.60. The molecule has 106 valence electrons. The number of benzene rings is 1. The average Bonchev–Trinajstić information content (AvgIpc) is 2.38. The van der Waals surface area contributed by atoms with Gasteiger partial charge in [-0.3, -0.25) is 4.79 Å². The lowest BCUT2D eigenvalue weighted by molar-refractivity contribution is 0.0799. The van der Waals surface area contributed by atoms with Crippen LogP contribution in [0.15, 0.2) is 23.1 Å². The quantitative estimate of drug-likeness (QED) is 0.665. The molecule has 0 aliphatic heterocycles. The first-order valence-corrected chi connectivity index (χ1v) is 7.10. The van der Waals surface area contributed by atoms with Gasteiger partial charge in [0.2, 0.25) is 0 Å². The Hall–Kier alpha value is -1.19. The zero-order chi connectivity index (χ0) is 14.6. The minimum Gasteiger partial charge on any atom is -0.340 e. The molecule has 0 aliphatic carbocycles. The Morgan fingerprint density at radius 3 is 2.68 bits per heavy atom. The SMILES string of the molecule is CN(CCN)C(=O)c1ccc(Cl)c(S(=O)(=O)NO)c1. The Bertz CT molecular complexity index is 576. The van der Waals surface area contributed by atoms with Gasteiger partial charge >= 0.3 is 0 Å². The van der Waals surface area contributed by atoms with E-state index < -0.39 is 15.9 Å². The molecular formula is C10H14ClN3O4S. The number of carbonyl (C=O) groups is 1. The van der Waals surface area contributed by atoms with Gasteiger partial charge in [0, 0.05) is 25.7 Å². The Morgan fingerprint density at radius 1 is 1.53 bits per heavy atom. The molecule has 0 atom stereocenters. The molecule has 0 unspecified atom stereocenters. The second kappa shape index (κ2) is 6.31. The van der Waals surface area contributed by atoms with E-state index in [9.17, 15) is 13.2 Å². The van der Waals surface area contributed by atoms with Crippen LogP contribution in [0.2, 0.25) is 5.02 Å². The van der Waals surface area contributed by atoms with Crippen molar-refractivity contribution in [2.45, 2.75) is 4.90 Å². The summed E-state index contributed by atoms with van der Waals surface area (Å²) in [6.45, 7) is 0.626. The second-order valence-electron chi connectivity index (χ2n) is 3.76. The summed E-state index contributed by atoms with van der Waals surface area (Å²) in [5.74, 6) is -0.392. The van der Waals surface area contributed by atoms with Crippen LogP contribution in [0.4, 0.5) is 0 Å². The lowest BCUT2D eigenvalue weighted by Crippen LogP contribution is -2.31. The summed E-state index contributed by atoms with van der Waals surface area (Å²) < 4.78 is 23.0. The second-order valence-corrected chi connectivity index (χ2v) is 5.79. The largest absolute Gasteiger partial charge is 0.340 e. The standard InChI is InChI=1S/C10H14ClN3O4S/c1-14(5-4-12)10(15)7-2-3-8(11)9(6-7)19(17,18)13-16/h2-3,6,13,16H,4-5,12H2,1H3. The molecule has 0 saturated carbocycles. The Kier molecular flexibility index (Phi) is 5.27. The number of nitrogens with zero attached hydrogens (tertiary/aromatic N) is 1. The highest BCUT2D eigenvalue weighted by Gasteiger charge is 2.20. The van der Waals surface area contributed by atoms with E-state index in [1.54, 1.807) is 7.05 Å². The molecule has 0 aromatic heterocycles. The summed E-state index contributed by atoms with van der Waals surface area (Å²) in [4.78, 5) is 14.1. The Morgan fingerprint density at radius 2 is 2.16 bits per heavy atom. The minimum atomic E-state index is -4.14. The van der Waals surface area contributed by atoms with Crippen LogP contribution in [0.1, 0.15) is 10.4 Å². The monoisotopic (exact) mass is 307 g/mol. The molecule has 0 radical (unpaired) electrons. The third-order valence-corrected chi connectivity index (χ3v) is 4.00. The van der Waals surface area contributed by atoms with Gasteiger partial charge in [0.15, 0.2) is 0 Å². The van der Waals surface area contributed by atoms with Crippen molar-refractivity contribution in [3.05, 3.63) is 28.8 Å². The summed E-state index contributed by atoms with van der Waals surface area (Å²) in [6.07, 6.45) is 0. The van der Waals surface area contributed by atoms with Gasteiger partial charge < -0.3 is 15.8 Å². The molecule has 19 heavy (non-hydrogen) atoms. The van der Waals surface area contributed by atoms with Gasteiger partial charge in [0.05, 0.1) is 5.02 Å². The van der Waals surface area contributed by atoms with E-state index in [0.717, 1.165) is 11.0 Å². The van der Waals surface area contributed by atoms with Gasteiger partial charge in [-0.25, -0.2) is 8.42 Å². The molecule has 4 N–H and O–H groups in total. The molecule has 0 heterocycles. The highest BCUT2D eigenvalue weighted by molar-refractivity contribution is 7.89. The number of halogens is 1. The maximum absolute atomic E-state index is 12.0. The molecule has 0 saturated heterocycles. The highest BCUT2D eigenvalue weighted by Crippen LogP contribution is 2.22. The van der Waals surface area contributed by atoms with Crippen molar-refractivity contribution in [1.29, 1.82) is 0 Å². The first-order chi connectivity index (χ1) is 8.83. The van der Waals surface area contributed by atoms with Crippen LogP contribution >= 0.6 is 11.6 Å². The summed E-state index contributed by atoms with van der Waals surface area (Å²) >= 11 is 5.73. The number of nitrogens with one attached hydrogen (secondary N) is 1. The normalized spacial score (nSPS) is 11.4. The Labute approximate surface area is 116 Å². The maximum atomic E-state index is 12.0. The first kappa shape index (κ1) is 15.9. The van der Waals surface area contributed by atoms with Crippen molar-refractivity contribution in [3.8, 4) is 0 Å². The molecule has 1 amide bonds. The zero-order valence-corrected chi connectivity index (χ0v) is 11.7. The van der Waals surface area contributed by atoms with Gasteiger partial charge in [0.25, 0.3) is 15.9 Å². The molecule has 0 fully saturated rings. The van der Waals surface area contributed by atoms with Crippen LogP contribution in [0.5, 0.6) is 0 Å². The fraction of sp³-hybridized carbons (Fsp3) is 0.300. The van der Waals surface area contributed by atoms with Crippen molar-refractivity contribution in [2.75, 3.05) is 20.1 Å². The number of nitrogens with two attached hydrogens (primary N) is 1. The molecule has 9 heteroatoms. The third kappa shape index (κ3) is 3.64. The molecular weight excluding hydrogens is 294 g/mol. The van der Waals surface area contributed by atoms with Gasteiger partial charge in [0.1, 0.15) is 4.90 Å². The predicted octanol–water partition coefficient (Wildman–Crippen LogP) is 0.0382. The van der Waals surface area contributed by atoms with Crippen molar-refractivity contribution in [3.63, 3.8) is 0 Å². The molecule has 1 aromatic rings. The molecule has 0 bridgehead atoms. The van der Waals surface area contributed by atoms with Crippen molar-refractivity contribution in [1.82, 2.24) is 9.79 Å². The molecule has 0 aliphatic rings. The van der Waals surface area contributed by atoms with Gasteiger partial charge in [-0.1, -0.05) is 16.5 Å². The smallest absolute Gasteiger partial charge is 0.263 e. The fourth-order valence-electron chi connectivity index (χ4n) is 1.41. The van der Waals surface area contributed by atoms with Crippen molar-refractivity contribution >= 4 is 27.5 Å². The van der Waals surface area contributed by atoms with Gasteiger partial charge in [-0.2, -0.15) is 0 Å². The predicted molar refractivity (Wildman–Crippen MR) is 69.6 cm³/mol. The van der Waals surface area contributed by atoms with Crippen LogP contribution < -0.4 is 10.6 Å². The van der Waals surface area contributed by atoms with E-state index in [0.29, 0.717) is 13.1 Å². The number of sulfonamides is 1. The average molecular weight is 308 g/mol. The highest BCUT2D eigenvalue weighted by atomic mass is 35.5. The van der Waals surface area contributed by atoms with Crippen LogP contribution in [-0.2, 0) is 10.0 Å². The van der Waals surface area contributed by atoms with Crippen LogP contribution in [0, 0.1) is 0 Å². The third-order valence-electron chi connectivity index (χ3n) is 2.40. The van der Waals surface area contributed by atoms with E-state index in [4.69, 9.17) is 22.5 Å². The molecule has 7 nitrogen and oxygen atoms in total. The molecule has 1 aromatic carbocycles. The van der Waals surface area contributed by atoms with Crippen LogP contribution in [0.25, 0.3) is 0 Å². The van der Waals surface area contributed by atoms with Gasteiger partial charge in [-0.15, -0.1) is 0 Å². The van der Waals surface area contributed by atoms with E-state index >= 15 is 0 Å². The first-order valence-electron chi connectivity index (χ1n) is 5.24. The van der Waals surface area contributed by atoms with E-state index in [-0.39, 0.29) is 15.5 Å². The van der Waals surface area contributed by atoms with E-state index in [2.05, 4.69) is 0 Å². The van der Waals surface area contributed by atoms with E-state index in [1.165, 1.54) is 17.0 Å². The summed E-state index contributed by atoms with van der Waals surface area (Å²) in [6, 6.07) is 3.76. The summed E-state index contributed by atoms with van der Waals surface area (Å²) in [5, 5.41) is 8.49. The number of carbonyl (C=O) groups excluding carboxylic acids is 1. The fourth-order valence-corrected chi connectivity index (χ4v) is 2.53. The number of rotatable bonds is 5. The maximum Gasteiger partial charge on any atom is 0.263 e. The number of amides is 1. The lowest BCUT2D eigenvalue weighted by atomic mass is 10.2. The van der Waals surface area contributed by atoms with E-state index in [1.807, 2.05) is 0 Å². The number of hydrogen-bond acceptors (Lipinski definition) is 5. The topological polar surface area (TPSA) is 113 Å². The van der Waals surface area contributed by atoms with Crippen LogP contribution in [-0.4, -0.2) is 44.6 Å². The number of likely N-dealkylation sites (N-methyl/N-ethyl adjacent to an activating group) is 1. The zero-order valence-electron chi connectivity index (χ0n) is 10.1. The minimum absolute atomic E-state index is 0.0976.